The van der Waals surface area contributed by atoms with Gasteiger partial charge in [0.05, 0.1) is 6.61 Å². The maximum atomic E-state index is 11.6. The monoisotopic (exact) mass is 347 g/mol. The van der Waals surface area contributed by atoms with Gasteiger partial charge in [0, 0.05) is 30.4 Å². The Morgan fingerprint density at radius 1 is 1.38 bits per heavy atom. The number of nitrogens with zero attached hydrogens (tertiary/aromatic N) is 3. The molecule has 0 radical (unpaired) electrons. The summed E-state index contributed by atoms with van der Waals surface area (Å²) < 4.78 is 6.65. The fourth-order valence-corrected chi connectivity index (χ4v) is 3.35. The molecule has 8 heteroatoms. The van der Waals surface area contributed by atoms with Crippen molar-refractivity contribution in [2.75, 3.05) is 13.2 Å². The van der Waals surface area contributed by atoms with E-state index in [2.05, 4.69) is 4.99 Å². The van der Waals surface area contributed by atoms with Crippen molar-refractivity contribution < 1.29 is 19.4 Å². The van der Waals surface area contributed by atoms with Crippen molar-refractivity contribution in [3.63, 3.8) is 0 Å². The molecule has 0 spiro atoms. The smallest absolute Gasteiger partial charge is 0.436 e. The van der Waals surface area contributed by atoms with Gasteiger partial charge in [-0.15, -0.1) is 16.3 Å². The van der Waals surface area contributed by atoms with Crippen molar-refractivity contribution in [3.8, 4) is 5.69 Å². The van der Waals surface area contributed by atoms with Crippen LogP contribution < -0.4 is 4.80 Å². The van der Waals surface area contributed by atoms with Crippen LogP contribution in [0.15, 0.2) is 34.8 Å². The predicted octanol–water partition coefficient (Wildman–Crippen LogP) is 2.63. The predicted molar refractivity (Wildman–Crippen MR) is 88.4 cm³/mol. The molecule has 1 aliphatic heterocycles. The van der Waals surface area contributed by atoms with Crippen LogP contribution in [0.3, 0.4) is 0 Å². The van der Waals surface area contributed by atoms with E-state index in [1.807, 2.05) is 29.8 Å². The number of carbonyl (C=O) groups is 2. The molecule has 0 unspecified atom stereocenters. The summed E-state index contributed by atoms with van der Waals surface area (Å²) in [6.07, 6.45) is 0.995. The van der Waals surface area contributed by atoms with E-state index in [-0.39, 0.29) is 6.61 Å². The number of fused-ring (bicyclic) bond motifs is 1. The summed E-state index contributed by atoms with van der Waals surface area (Å²) >= 11 is 1.33. The maximum absolute atomic E-state index is 11.6. The summed E-state index contributed by atoms with van der Waals surface area (Å²) in [5, 5.41) is 11.0. The third-order valence-electron chi connectivity index (χ3n) is 3.80. The van der Waals surface area contributed by atoms with Crippen molar-refractivity contribution >= 4 is 23.5 Å². The first kappa shape index (κ1) is 16.3. The Balaban J connectivity index is 1.95. The van der Waals surface area contributed by atoms with Crippen molar-refractivity contribution in [2.24, 2.45) is 4.99 Å². The molecule has 1 aromatic carbocycles. The van der Waals surface area contributed by atoms with Crippen LogP contribution in [-0.4, -0.2) is 39.9 Å². The van der Waals surface area contributed by atoms with E-state index in [1.54, 1.807) is 11.5 Å². The number of carboxylic acid groups (broad SMARTS) is 1. The van der Waals surface area contributed by atoms with Crippen LogP contribution in [0.2, 0.25) is 0 Å². The lowest BCUT2D eigenvalue weighted by Crippen LogP contribution is -2.34. The number of carbonyl (C=O) groups excluding carboxylic acids is 1. The van der Waals surface area contributed by atoms with E-state index in [0.29, 0.717) is 24.3 Å². The van der Waals surface area contributed by atoms with Crippen molar-refractivity contribution in [3.05, 3.63) is 45.7 Å². The summed E-state index contributed by atoms with van der Waals surface area (Å²) in [6, 6.07) is 5.90. The maximum Gasteiger partial charge on any atom is 0.436 e. The average molecular weight is 347 g/mol. The summed E-state index contributed by atoms with van der Waals surface area (Å²) in [6.45, 7) is 2.88. The van der Waals surface area contributed by atoms with Gasteiger partial charge >= 0.3 is 12.2 Å². The van der Waals surface area contributed by atoms with Crippen LogP contribution in [0.1, 0.15) is 18.1 Å². The van der Waals surface area contributed by atoms with Gasteiger partial charge in [-0.05, 0) is 36.6 Å². The van der Waals surface area contributed by atoms with Gasteiger partial charge in [0.1, 0.15) is 0 Å². The number of thiazole rings is 1. The van der Waals surface area contributed by atoms with Gasteiger partial charge in [0.2, 0.25) is 4.80 Å². The zero-order valence-corrected chi connectivity index (χ0v) is 14.0. The standard InChI is InChI=1S/C16H17N3O4S/c1-2-23-15(20)17-14-19(7-8-24-14)13-4-3-11-5-6-18(16(21)22)10-12(11)9-13/h3-4,7-9H,2,5-6,10H2,1H3,(H,21,22)/b17-14-. The van der Waals surface area contributed by atoms with Gasteiger partial charge in [0.25, 0.3) is 0 Å². The molecule has 24 heavy (non-hydrogen) atoms. The van der Waals surface area contributed by atoms with E-state index in [0.717, 1.165) is 16.8 Å². The van der Waals surface area contributed by atoms with E-state index >= 15 is 0 Å². The highest BCUT2D eigenvalue weighted by Crippen LogP contribution is 2.22. The Morgan fingerprint density at radius 3 is 2.96 bits per heavy atom. The van der Waals surface area contributed by atoms with E-state index < -0.39 is 12.2 Å². The lowest BCUT2D eigenvalue weighted by atomic mass is 9.99. The Labute approximate surface area is 142 Å². The second-order valence-corrected chi connectivity index (χ2v) is 6.15. The molecule has 3 rings (SSSR count). The molecule has 0 fully saturated rings. The molecule has 0 atom stereocenters. The second-order valence-electron chi connectivity index (χ2n) is 5.27. The van der Waals surface area contributed by atoms with E-state index in [4.69, 9.17) is 9.84 Å². The molecule has 7 nitrogen and oxygen atoms in total. The van der Waals surface area contributed by atoms with E-state index in [1.165, 1.54) is 16.2 Å². The highest BCUT2D eigenvalue weighted by atomic mass is 32.1. The molecule has 0 saturated carbocycles. The van der Waals surface area contributed by atoms with Gasteiger partial charge in [-0.3, -0.25) is 4.57 Å². The lowest BCUT2D eigenvalue weighted by Gasteiger charge is -2.26. The molecule has 2 heterocycles. The third-order valence-corrected chi connectivity index (χ3v) is 4.55. The third kappa shape index (κ3) is 3.33. The SMILES string of the molecule is CCOC(=O)/N=c1\sccn1-c1ccc2c(c1)CN(C(=O)O)CC2. The Morgan fingerprint density at radius 2 is 2.21 bits per heavy atom. The first-order valence-electron chi connectivity index (χ1n) is 7.56. The van der Waals surface area contributed by atoms with Gasteiger partial charge in [-0.25, -0.2) is 9.59 Å². The highest BCUT2D eigenvalue weighted by Gasteiger charge is 2.20. The number of ether oxygens (including phenoxy) is 1. The van der Waals surface area contributed by atoms with Gasteiger partial charge in [-0.2, -0.15) is 0 Å². The molecule has 0 saturated heterocycles. The normalized spacial score (nSPS) is 14.4. The molecule has 1 aromatic heterocycles. The van der Waals surface area contributed by atoms with Crippen molar-refractivity contribution in [1.29, 1.82) is 0 Å². The van der Waals surface area contributed by atoms with Crippen molar-refractivity contribution in [1.82, 2.24) is 9.47 Å². The fraction of sp³-hybridized carbons (Fsp3) is 0.312. The average Bonchev–Trinajstić information content (AvgIpc) is 3.02. The molecule has 2 aromatic rings. The quantitative estimate of drug-likeness (QED) is 0.905. The van der Waals surface area contributed by atoms with Crippen LogP contribution in [0, 0.1) is 0 Å². The van der Waals surface area contributed by atoms with Crippen LogP contribution >= 0.6 is 11.3 Å². The molecule has 126 valence electrons. The Bertz CT molecular complexity index is 840. The first-order valence-corrected chi connectivity index (χ1v) is 8.44. The minimum absolute atomic E-state index is 0.275. The topological polar surface area (TPSA) is 84.1 Å². The zero-order chi connectivity index (χ0) is 17.1. The Kier molecular flexibility index (Phi) is 4.66. The molecule has 0 bridgehead atoms. The number of hydrogen-bond donors (Lipinski definition) is 1. The van der Waals surface area contributed by atoms with Gasteiger partial charge < -0.3 is 14.7 Å². The summed E-state index contributed by atoms with van der Waals surface area (Å²) in [5.41, 5.74) is 2.96. The molecular formula is C16H17N3O4S. The summed E-state index contributed by atoms with van der Waals surface area (Å²) in [4.78, 5) is 28.6. The Hall–Kier alpha value is -2.61. The minimum Gasteiger partial charge on any atom is -0.465 e. The van der Waals surface area contributed by atoms with Gasteiger partial charge in [-0.1, -0.05) is 6.07 Å². The zero-order valence-electron chi connectivity index (χ0n) is 13.1. The van der Waals surface area contributed by atoms with Gasteiger partial charge in [0.15, 0.2) is 0 Å². The van der Waals surface area contributed by atoms with Crippen LogP contribution in [0.25, 0.3) is 5.69 Å². The first-order chi connectivity index (χ1) is 11.6. The molecule has 1 aliphatic rings. The molecule has 2 amide bonds. The van der Waals surface area contributed by atoms with Crippen LogP contribution in [0.4, 0.5) is 9.59 Å². The number of benzene rings is 1. The molecule has 1 N–H and O–H groups in total. The number of aromatic nitrogens is 1. The fourth-order valence-electron chi connectivity index (χ4n) is 2.64. The number of rotatable bonds is 2. The molecule has 0 aliphatic carbocycles. The summed E-state index contributed by atoms with van der Waals surface area (Å²) in [5.74, 6) is 0. The van der Waals surface area contributed by atoms with E-state index in [9.17, 15) is 9.59 Å². The number of hydrogen-bond acceptors (Lipinski definition) is 4. The highest BCUT2D eigenvalue weighted by molar-refractivity contribution is 7.07. The van der Waals surface area contributed by atoms with Crippen molar-refractivity contribution in [2.45, 2.75) is 19.9 Å². The minimum atomic E-state index is -0.910. The second kappa shape index (κ2) is 6.88. The number of amides is 2. The lowest BCUT2D eigenvalue weighted by molar-refractivity contribution is 0.140. The van der Waals surface area contributed by atoms with Crippen LogP contribution in [-0.2, 0) is 17.7 Å². The summed E-state index contributed by atoms with van der Waals surface area (Å²) in [7, 11) is 0. The van der Waals surface area contributed by atoms with Crippen LogP contribution in [0.5, 0.6) is 0 Å². The molecular weight excluding hydrogens is 330 g/mol. The largest absolute Gasteiger partial charge is 0.465 e.